The predicted molar refractivity (Wildman–Crippen MR) is 71.3 cm³/mol. The number of nitrogens with one attached hydrogen (secondary N) is 2. The zero-order valence-electron chi connectivity index (χ0n) is 11.8. The van der Waals surface area contributed by atoms with Crippen molar-refractivity contribution in [3.63, 3.8) is 0 Å². The number of ether oxygens (including phenoxy) is 1. The monoisotopic (exact) mass is 305 g/mol. The first-order valence-corrected chi connectivity index (χ1v) is 6.49. The van der Waals surface area contributed by atoms with Crippen LogP contribution in [-0.2, 0) is 0 Å². The summed E-state index contributed by atoms with van der Waals surface area (Å²) in [6, 6.07) is 2.88. The summed E-state index contributed by atoms with van der Waals surface area (Å²) in [7, 11) is 0. The van der Waals surface area contributed by atoms with Crippen LogP contribution in [0.5, 0.6) is 5.88 Å². The molecule has 0 aliphatic rings. The van der Waals surface area contributed by atoms with Crippen LogP contribution in [0.3, 0.4) is 0 Å². The van der Waals surface area contributed by atoms with Gasteiger partial charge in [0.1, 0.15) is 5.56 Å². The molecule has 0 unspecified atom stereocenters. The van der Waals surface area contributed by atoms with Crippen molar-refractivity contribution >= 4 is 5.91 Å². The molecule has 0 aliphatic heterocycles. The number of hydrogen-bond donors (Lipinski definition) is 2. The van der Waals surface area contributed by atoms with Crippen LogP contribution in [0.1, 0.15) is 24.2 Å². The summed E-state index contributed by atoms with van der Waals surface area (Å²) in [4.78, 5) is 15.6. The minimum Gasteiger partial charge on any atom is -0.467 e. The van der Waals surface area contributed by atoms with Gasteiger partial charge >= 0.3 is 6.18 Å². The highest BCUT2D eigenvalue weighted by Crippen LogP contribution is 2.19. The molecule has 0 aliphatic carbocycles. The van der Waals surface area contributed by atoms with Gasteiger partial charge in [0, 0.05) is 18.8 Å². The van der Waals surface area contributed by atoms with Crippen molar-refractivity contribution < 1.29 is 22.7 Å². The van der Waals surface area contributed by atoms with Crippen LogP contribution in [0.4, 0.5) is 13.2 Å². The Morgan fingerprint density at radius 3 is 2.81 bits per heavy atom. The number of pyridine rings is 1. The Morgan fingerprint density at radius 1 is 1.48 bits per heavy atom. The van der Waals surface area contributed by atoms with Crippen LogP contribution in [0.2, 0.25) is 0 Å². The molecule has 0 aromatic carbocycles. The first-order chi connectivity index (χ1) is 9.83. The van der Waals surface area contributed by atoms with E-state index in [4.69, 9.17) is 0 Å². The second-order valence-electron chi connectivity index (χ2n) is 4.43. The van der Waals surface area contributed by atoms with E-state index >= 15 is 0 Å². The third-order valence-electron chi connectivity index (χ3n) is 2.51. The molecule has 5 nitrogen and oxygen atoms in total. The molecule has 118 valence electrons. The Balaban J connectivity index is 2.67. The number of carbonyl (C=O) groups excluding carboxylic acids is 1. The fourth-order valence-corrected chi connectivity index (χ4v) is 1.59. The summed E-state index contributed by atoms with van der Waals surface area (Å²) >= 11 is 0. The maximum absolute atomic E-state index is 12.2. The number of alkyl halides is 3. The molecule has 1 aromatic heterocycles. The number of amides is 1. The van der Waals surface area contributed by atoms with Crippen LogP contribution < -0.4 is 15.4 Å². The molecule has 0 bridgehead atoms. The van der Waals surface area contributed by atoms with E-state index < -0.39 is 18.7 Å². The smallest absolute Gasteiger partial charge is 0.422 e. The van der Waals surface area contributed by atoms with Crippen LogP contribution in [0.15, 0.2) is 18.3 Å². The molecule has 0 radical (unpaired) electrons. The van der Waals surface area contributed by atoms with Gasteiger partial charge in [0.25, 0.3) is 5.91 Å². The lowest BCUT2D eigenvalue weighted by Crippen LogP contribution is -2.39. The van der Waals surface area contributed by atoms with Gasteiger partial charge in [-0.05, 0) is 25.6 Å². The lowest BCUT2D eigenvalue weighted by Gasteiger charge is -2.15. The Labute approximate surface area is 120 Å². The van der Waals surface area contributed by atoms with E-state index in [1.54, 1.807) is 0 Å². The number of hydrogen-bond acceptors (Lipinski definition) is 4. The minimum absolute atomic E-state index is 0.0227. The van der Waals surface area contributed by atoms with Crippen molar-refractivity contribution in [1.29, 1.82) is 0 Å². The van der Waals surface area contributed by atoms with Crippen LogP contribution in [0, 0.1) is 0 Å². The SMILES string of the molecule is CCN[C@H](C)CNC(=O)c1cccnc1OCC(F)(F)F. The normalized spacial score (nSPS) is 12.8. The van der Waals surface area contributed by atoms with Gasteiger partial charge in [0.2, 0.25) is 5.88 Å². The van der Waals surface area contributed by atoms with Crippen molar-refractivity contribution in [2.45, 2.75) is 26.1 Å². The summed E-state index contributed by atoms with van der Waals surface area (Å²) in [5.74, 6) is -0.853. The van der Waals surface area contributed by atoms with Gasteiger partial charge < -0.3 is 15.4 Å². The molecule has 0 saturated heterocycles. The van der Waals surface area contributed by atoms with Crippen molar-refractivity contribution in [3.8, 4) is 5.88 Å². The lowest BCUT2D eigenvalue weighted by atomic mass is 10.2. The van der Waals surface area contributed by atoms with Gasteiger partial charge in [-0.25, -0.2) is 4.98 Å². The van der Waals surface area contributed by atoms with E-state index in [-0.39, 0.29) is 17.5 Å². The molecule has 1 heterocycles. The molecule has 1 aromatic rings. The standard InChI is InChI=1S/C13H18F3N3O2/c1-3-17-9(2)7-19-11(20)10-5-4-6-18-12(10)21-8-13(14,15)16/h4-6,9,17H,3,7-8H2,1-2H3,(H,19,20)/t9-/m1/s1. The highest BCUT2D eigenvalue weighted by atomic mass is 19.4. The fraction of sp³-hybridized carbons (Fsp3) is 0.538. The summed E-state index contributed by atoms with van der Waals surface area (Å²) in [5.41, 5.74) is -0.0227. The van der Waals surface area contributed by atoms with E-state index in [0.29, 0.717) is 6.54 Å². The summed E-state index contributed by atoms with van der Waals surface area (Å²) < 4.78 is 41.0. The number of rotatable bonds is 7. The van der Waals surface area contributed by atoms with E-state index in [9.17, 15) is 18.0 Å². The van der Waals surface area contributed by atoms with Crippen molar-refractivity contribution in [2.75, 3.05) is 19.7 Å². The molecule has 0 spiro atoms. The maximum atomic E-state index is 12.2. The third-order valence-corrected chi connectivity index (χ3v) is 2.51. The first kappa shape index (κ1) is 17.2. The van der Waals surface area contributed by atoms with Crippen LogP contribution >= 0.6 is 0 Å². The average molecular weight is 305 g/mol. The van der Waals surface area contributed by atoms with Gasteiger partial charge in [-0.1, -0.05) is 6.92 Å². The highest BCUT2D eigenvalue weighted by molar-refractivity contribution is 5.96. The molecule has 0 fully saturated rings. The molecule has 0 saturated carbocycles. The number of nitrogens with zero attached hydrogens (tertiary/aromatic N) is 1. The Kier molecular flexibility index (Phi) is 6.41. The number of aromatic nitrogens is 1. The van der Waals surface area contributed by atoms with Crippen LogP contribution in [0.25, 0.3) is 0 Å². The lowest BCUT2D eigenvalue weighted by molar-refractivity contribution is -0.154. The third kappa shape index (κ3) is 6.44. The largest absolute Gasteiger partial charge is 0.467 e. The Hall–Kier alpha value is -1.83. The molecule has 21 heavy (non-hydrogen) atoms. The highest BCUT2D eigenvalue weighted by Gasteiger charge is 2.29. The Bertz CT molecular complexity index is 466. The molecular weight excluding hydrogens is 287 g/mol. The van der Waals surface area contributed by atoms with E-state index in [1.807, 2.05) is 13.8 Å². The summed E-state index contributed by atoms with van der Waals surface area (Å²) in [6.07, 6.45) is -3.21. The summed E-state index contributed by atoms with van der Waals surface area (Å²) in [6.45, 7) is 3.43. The number of halogens is 3. The quantitative estimate of drug-likeness (QED) is 0.805. The van der Waals surface area contributed by atoms with Crippen molar-refractivity contribution in [2.24, 2.45) is 0 Å². The zero-order chi connectivity index (χ0) is 15.9. The van der Waals surface area contributed by atoms with Gasteiger partial charge in [0.15, 0.2) is 6.61 Å². The average Bonchev–Trinajstić information content (AvgIpc) is 2.42. The molecular formula is C13H18F3N3O2. The predicted octanol–water partition coefficient (Wildman–Crippen LogP) is 1.75. The van der Waals surface area contributed by atoms with Crippen molar-refractivity contribution in [3.05, 3.63) is 23.9 Å². The number of likely N-dealkylation sites (N-methyl/N-ethyl adjacent to an activating group) is 1. The van der Waals surface area contributed by atoms with Gasteiger partial charge in [-0.15, -0.1) is 0 Å². The molecule has 1 amide bonds. The van der Waals surface area contributed by atoms with E-state index in [2.05, 4.69) is 20.4 Å². The second-order valence-corrected chi connectivity index (χ2v) is 4.43. The molecule has 1 atom stereocenters. The molecule has 8 heteroatoms. The maximum Gasteiger partial charge on any atom is 0.422 e. The number of carbonyl (C=O) groups is 1. The summed E-state index contributed by atoms with van der Waals surface area (Å²) in [5, 5.41) is 5.72. The topological polar surface area (TPSA) is 63.2 Å². The fourth-order valence-electron chi connectivity index (χ4n) is 1.59. The van der Waals surface area contributed by atoms with E-state index in [0.717, 1.165) is 6.54 Å². The zero-order valence-corrected chi connectivity index (χ0v) is 11.8. The van der Waals surface area contributed by atoms with Gasteiger partial charge in [-0.2, -0.15) is 13.2 Å². The molecule has 2 N–H and O–H groups in total. The van der Waals surface area contributed by atoms with Crippen molar-refractivity contribution in [1.82, 2.24) is 15.6 Å². The first-order valence-electron chi connectivity index (χ1n) is 6.49. The van der Waals surface area contributed by atoms with Crippen LogP contribution in [-0.4, -0.2) is 42.8 Å². The second kappa shape index (κ2) is 7.82. The van der Waals surface area contributed by atoms with E-state index in [1.165, 1.54) is 18.3 Å². The molecule has 1 rings (SSSR count). The van der Waals surface area contributed by atoms with Gasteiger partial charge in [0.05, 0.1) is 0 Å². The van der Waals surface area contributed by atoms with Gasteiger partial charge in [-0.3, -0.25) is 4.79 Å². The minimum atomic E-state index is -4.48. The Morgan fingerprint density at radius 2 is 2.19 bits per heavy atom.